The van der Waals surface area contributed by atoms with Crippen molar-refractivity contribution in [2.75, 3.05) is 6.54 Å². The molecule has 114 valence electrons. The van der Waals surface area contributed by atoms with Crippen LogP contribution in [0.2, 0.25) is 0 Å². The molecule has 0 heterocycles. The van der Waals surface area contributed by atoms with Crippen LogP contribution in [-0.4, -0.2) is 12.6 Å². The molecule has 0 aliphatic heterocycles. The van der Waals surface area contributed by atoms with Crippen LogP contribution in [-0.2, 0) is 6.42 Å². The second-order valence-corrected chi connectivity index (χ2v) is 7.37. The van der Waals surface area contributed by atoms with Crippen molar-refractivity contribution in [3.05, 3.63) is 34.9 Å². The second-order valence-electron chi connectivity index (χ2n) is 7.37. The van der Waals surface area contributed by atoms with E-state index in [1.54, 1.807) is 0 Å². The number of aryl methyl sites for hydroxylation is 2. The molecule has 0 fully saturated rings. The largest absolute Gasteiger partial charge is 0.314 e. The molecular weight excluding hydrogens is 242 g/mol. The summed E-state index contributed by atoms with van der Waals surface area (Å²) < 4.78 is 0. The summed E-state index contributed by atoms with van der Waals surface area (Å²) in [5, 5.41) is 3.72. The van der Waals surface area contributed by atoms with E-state index >= 15 is 0 Å². The highest BCUT2D eigenvalue weighted by Gasteiger charge is 2.15. The van der Waals surface area contributed by atoms with Crippen molar-refractivity contribution in [2.24, 2.45) is 5.41 Å². The van der Waals surface area contributed by atoms with E-state index in [0.717, 1.165) is 13.0 Å². The molecule has 1 unspecified atom stereocenters. The smallest absolute Gasteiger partial charge is 0.0108 e. The molecule has 1 aromatic carbocycles. The highest BCUT2D eigenvalue weighted by Crippen LogP contribution is 2.23. The zero-order valence-electron chi connectivity index (χ0n) is 14.3. The lowest BCUT2D eigenvalue weighted by Gasteiger charge is -2.24. The molecule has 0 saturated heterocycles. The molecule has 20 heavy (non-hydrogen) atoms. The quantitative estimate of drug-likeness (QED) is 0.735. The number of rotatable bonds is 7. The van der Waals surface area contributed by atoms with Crippen LogP contribution < -0.4 is 5.32 Å². The first-order valence-corrected chi connectivity index (χ1v) is 8.11. The predicted molar refractivity (Wildman–Crippen MR) is 90.4 cm³/mol. The molecule has 0 saturated carbocycles. The third-order valence-corrected chi connectivity index (χ3v) is 3.98. The summed E-state index contributed by atoms with van der Waals surface area (Å²) >= 11 is 0. The SMILES string of the molecule is CCCNC(CCC(C)(C)C)Cc1ccc(C)c(C)c1. The highest BCUT2D eigenvalue weighted by atomic mass is 14.9. The zero-order valence-corrected chi connectivity index (χ0v) is 14.3. The molecule has 0 aliphatic rings. The Kier molecular flexibility index (Phi) is 6.75. The average molecular weight is 275 g/mol. The van der Waals surface area contributed by atoms with Gasteiger partial charge in [-0.2, -0.15) is 0 Å². The summed E-state index contributed by atoms with van der Waals surface area (Å²) in [7, 11) is 0. The highest BCUT2D eigenvalue weighted by molar-refractivity contribution is 5.30. The first-order chi connectivity index (χ1) is 9.31. The Labute approximate surface area is 126 Å². The minimum absolute atomic E-state index is 0.426. The van der Waals surface area contributed by atoms with Crippen molar-refractivity contribution in [3.63, 3.8) is 0 Å². The summed E-state index contributed by atoms with van der Waals surface area (Å²) in [5.41, 5.74) is 4.69. The summed E-state index contributed by atoms with van der Waals surface area (Å²) in [6.07, 6.45) is 4.89. The minimum Gasteiger partial charge on any atom is -0.314 e. The van der Waals surface area contributed by atoms with Gasteiger partial charge in [0.05, 0.1) is 0 Å². The maximum absolute atomic E-state index is 3.72. The van der Waals surface area contributed by atoms with Crippen LogP contribution >= 0.6 is 0 Å². The molecule has 0 bridgehead atoms. The summed E-state index contributed by atoms with van der Waals surface area (Å²) in [5.74, 6) is 0. The van der Waals surface area contributed by atoms with Gasteiger partial charge >= 0.3 is 0 Å². The molecular formula is C19H33N. The van der Waals surface area contributed by atoms with Crippen LogP contribution in [0.25, 0.3) is 0 Å². The van der Waals surface area contributed by atoms with E-state index in [9.17, 15) is 0 Å². The molecule has 0 amide bonds. The molecule has 0 spiro atoms. The molecule has 1 rings (SSSR count). The third kappa shape index (κ3) is 6.56. The normalized spacial score (nSPS) is 13.5. The average Bonchev–Trinajstić information content (AvgIpc) is 2.36. The van der Waals surface area contributed by atoms with Gasteiger partial charge in [-0.15, -0.1) is 0 Å². The first-order valence-electron chi connectivity index (χ1n) is 8.11. The standard InChI is InChI=1S/C19H33N/c1-7-12-20-18(10-11-19(4,5)6)14-17-9-8-15(2)16(3)13-17/h8-9,13,18,20H,7,10-12,14H2,1-6H3. The molecule has 0 aromatic heterocycles. The monoisotopic (exact) mass is 275 g/mol. The van der Waals surface area contributed by atoms with Gasteiger partial charge in [-0.05, 0) is 68.2 Å². The van der Waals surface area contributed by atoms with Crippen LogP contribution in [0.15, 0.2) is 18.2 Å². The van der Waals surface area contributed by atoms with E-state index in [0.29, 0.717) is 11.5 Å². The van der Waals surface area contributed by atoms with Gasteiger partial charge in [0.1, 0.15) is 0 Å². The van der Waals surface area contributed by atoms with Crippen molar-refractivity contribution in [1.29, 1.82) is 0 Å². The van der Waals surface area contributed by atoms with Gasteiger partial charge in [0, 0.05) is 6.04 Å². The predicted octanol–water partition coefficient (Wildman–Crippen LogP) is 5.04. The lowest BCUT2D eigenvalue weighted by atomic mass is 9.87. The molecule has 1 aromatic rings. The van der Waals surface area contributed by atoms with E-state index < -0.39 is 0 Å². The van der Waals surface area contributed by atoms with E-state index in [1.165, 1.54) is 36.0 Å². The Bertz CT molecular complexity index is 401. The molecule has 1 heteroatoms. The van der Waals surface area contributed by atoms with Crippen LogP contribution in [0.5, 0.6) is 0 Å². The van der Waals surface area contributed by atoms with E-state index in [-0.39, 0.29) is 0 Å². The number of benzene rings is 1. The summed E-state index contributed by atoms with van der Waals surface area (Å²) in [6.45, 7) is 14.8. The van der Waals surface area contributed by atoms with Gasteiger partial charge in [0.25, 0.3) is 0 Å². The summed E-state index contributed by atoms with van der Waals surface area (Å²) in [4.78, 5) is 0. The van der Waals surface area contributed by atoms with Crippen LogP contribution in [0.4, 0.5) is 0 Å². The van der Waals surface area contributed by atoms with E-state index in [2.05, 4.69) is 65.1 Å². The molecule has 1 N–H and O–H groups in total. The summed E-state index contributed by atoms with van der Waals surface area (Å²) in [6, 6.07) is 7.51. The van der Waals surface area contributed by atoms with Gasteiger partial charge in [0.2, 0.25) is 0 Å². The van der Waals surface area contributed by atoms with Gasteiger partial charge < -0.3 is 5.32 Å². The Morgan fingerprint density at radius 1 is 1.10 bits per heavy atom. The van der Waals surface area contributed by atoms with Crippen molar-refractivity contribution >= 4 is 0 Å². The number of hydrogen-bond acceptors (Lipinski definition) is 1. The maximum Gasteiger partial charge on any atom is 0.0108 e. The van der Waals surface area contributed by atoms with E-state index in [1.807, 2.05) is 0 Å². The second kappa shape index (κ2) is 7.83. The fourth-order valence-corrected chi connectivity index (χ4v) is 2.45. The van der Waals surface area contributed by atoms with Crippen molar-refractivity contribution in [1.82, 2.24) is 5.32 Å². The Morgan fingerprint density at radius 3 is 2.35 bits per heavy atom. The maximum atomic E-state index is 3.72. The zero-order chi connectivity index (χ0) is 15.2. The third-order valence-electron chi connectivity index (χ3n) is 3.98. The van der Waals surface area contributed by atoms with Gasteiger partial charge in [-0.3, -0.25) is 0 Å². The fourth-order valence-electron chi connectivity index (χ4n) is 2.45. The first kappa shape index (κ1) is 17.2. The van der Waals surface area contributed by atoms with Gasteiger partial charge in [-0.1, -0.05) is 45.9 Å². The molecule has 0 radical (unpaired) electrons. The van der Waals surface area contributed by atoms with Gasteiger partial charge in [0.15, 0.2) is 0 Å². The lowest BCUT2D eigenvalue weighted by Crippen LogP contribution is -2.32. The molecule has 1 nitrogen and oxygen atoms in total. The van der Waals surface area contributed by atoms with Crippen molar-refractivity contribution in [3.8, 4) is 0 Å². The number of hydrogen-bond donors (Lipinski definition) is 1. The Morgan fingerprint density at radius 2 is 1.80 bits per heavy atom. The van der Waals surface area contributed by atoms with E-state index in [4.69, 9.17) is 0 Å². The van der Waals surface area contributed by atoms with Crippen LogP contribution in [0.3, 0.4) is 0 Å². The molecule has 0 aliphatic carbocycles. The Hall–Kier alpha value is -0.820. The van der Waals surface area contributed by atoms with Crippen LogP contribution in [0, 0.1) is 19.3 Å². The lowest BCUT2D eigenvalue weighted by molar-refractivity contribution is 0.328. The van der Waals surface area contributed by atoms with Crippen molar-refractivity contribution in [2.45, 2.75) is 73.3 Å². The Balaban J connectivity index is 2.65. The molecule has 1 atom stereocenters. The topological polar surface area (TPSA) is 12.0 Å². The van der Waals surface area contributed by atoms with Crippen molar-refractivity contribution < 1.29 is 0 Å². The van der Waals surface area contributed by atoms with Crippen LogP contribution in [0.1, 0.15) is 63.6 Å². The fraction of sp³-hybridized carbons (Fsp3) is 0.684. The minimum atomic E-state index is 0.426. The van der Waals surface area contributed by atoms with Gasteiger partial charge in [-0.25, -0.2) is 0 Å². The number of nitrogens with one attached hydrogen (secondary N) is 1.